The Labute approximate surface area is 169 Å². The molecule has 8 heteroatoms. The molecule has 2 heterocycles. The van der Waals surface area contributed by atoms with Gasteiger partial charge in [-0.25, -0.2) is 4.98 Å². The molecule has 4 rings (SSSR count). The van der Waals surface area contributed by atoms with Gasteiger partial charge in [-0.15, -0.1) is 0 Å². The number of imidazole rings is 1. The number of hydrogen-bond donors (Lipinski definition) is 0. The molecule has 0 bridgehead atoms. The Hall–Kier alpha value is -2.06. The molecule has 0 saturated carbocycles. The summed E-state index contributed by atoms with van der Waals surface area (Å²) in [5.74, 6) is 0. The van der Waals surface area contributed by atoms with E-state index in [1.807, 2.05) is 16.7 Å². The molecule has 0 atom stereocenters. The molecule has 4 nitrogen and oxygen atoms in total. The van der Waals surface area contributed by atoms with Crippen LogP contribution in [-0.4, -0.2) is 35.9 Å². The third-order valence-corrected chi connectivity index (χ3v) is 5.74. The van der Waals surface area contributed by atoms with E-state index in [2.05, 4.69) is 25.8 Å². The van der Waals surface area contributed by atoms with Gasteiger partial charge in [0.1, 0.15) is 5.52 Å². The Bertz CT molecular complexity index is 1010. The normalized spacial score (nSPS) is 15.4. The highest BCUT2D eigenvalue weighted by Gasteiger charge is 2.32. The fourth-order valence-corrected chi connectivity index (χ4v) is 4.12. The number of rotatable bonds is 3. The van der Waals surface area contributed by atoms with Crippen molar-refractivity contribution < 1.29 is 17.9 Å². The Morgan fingerprint density at radius 2 is 1.93 bits per heavy atom. The largest absolute Gasteiger partial charge is 0.416 e. The lowest BCUT2D eigenvalue weighted by Crippen LogP contribution is -2.36. The molecule has 1 aliphatic heterocycles. The van der Waals surface area contributed by atoms with Gasteiger partial charge in [0.2, 0.25) is 0 Å². The molecule has 2 aromatic carbocycles. The van der Waals surface area contributed by atoms with Crippen molar-refractivity contribution in [1.82, 2.24) is 9.55 Å². The first-order valence-corrected chi connectivity index (χ1v) is 9.76. The van der Waals surface area contributed by atoms with Crippen molar-refractivity contribution in [3.8, 4) is 0 Å². The van der Waals surface area contributed by atoms with Crippen molar-refractivity contribution in [2.75, 3.05) is 31.2 Å². The molecule has 0 unspecified atom stereocenters. The van der Waals surface area contributed by atoms with E-state index in [0.717, 1.165) is 40.3 Å². The minimum atomic E-state index is -4.36. The van der Waals surface area contributed by atoms with Gasteiger partial charge in [-0.05, 0) is 52.2 Å². The van der Waals surface area contributed by atoms with E-state index in [-0.39, 0.29) is 5.56 Å². The molecule has 0 spiro atoms. The average molecular weight is 454 g/mol. The summed E-state index contributed by atoms with van der Waals surface area (Å²) in [7, 11) is 0. The van der Waals surface area contributed by atoms with Crippen LogP contribution < -0.4 is 4.90 Å². The summed E-state index contributed by atoms with van der Waals surface area (Å²) in [5.41, 5.74) is 3.01. The molecule has 148 valence electrons. The number of hydrogen-bond acceptors (Lipinski definition) is 3. The number of fused-ring (bicyclic) bond motifs is 1. The second-order valence-corrected chi connectivity index (χ2v) is 7.71. The molecule has 1 saturated heterocycles. The van der Waals surface area contributed by atoms with Crippen LogP contribution in [0.15, 0.2) is 41.1 Å². The van der Waals surface area contributed by atoms with Crippen LogP contribution in [-0.2, 0) is 17.5 Å². The number of ether oxygens (including phenoxy) is 1. The maximum absolute atomic E-state index is 13.2. The van der Waals surface area contributed by atoms with Crippen molar-refractivity contribution >= 4 is 32.7 Å². The summed E-state index contributed by atoms with van der Waals surface area (Å²) in [4.78, 5) is 6.69. The summed E-state index contributed by atoms with van der Waals surface area (Å²) >= 11 is 3.58. The predicted molar refractivity (Wildman–Crippen MR) is 106 cm³/mol. The number of benzene rings is 2. The monoisotopic (exact) mass is 453 g/mol. The topological polar surface area (TPSA) is 30.3 Å². The number of aromatic nitrogens is 2. The Kier molecular flexibility index (Phi) is 5.09. The first-order chi connectivity index (χ1) is 13.3. The number of morpholine rings is 1. The maximum atomic E-state index is 13.2. The Morgan fingerprint density at radius 3 is 2.64 bits per heavy atom. The zero-order valence-electron chi connectivity index (χ0n) is 15.3. The van der Waals surface area contributed by atoms with Crippen LogP contribution in [0.5, 0.6) is 0 Å². The van der Waals surface area contributed by atoms with Gasteiger partial charge in [0.15, 0.2) is 0 Å². The second-order valence-electron chi connectivity index (χ2n) is 6.85. The molecule has 0 amide bonds. The van der Waals surface area contributed by atoms with Crippen molar-refractivity contribution in [3.63, 3.8) is 0 Å². The SMILES string of the molecule is Cc1c(Cn2cnc3c(Br)cc(N4CCOCC4)cc32)cccc1C(F)(F)F. The summed E-state index contributed by atoms with van der Waals surface area (Å²) in [6.45, 7) is 4.81. The molecule has 0 N–H and O–H groups in total. The summed E-state index contributed by atoms with van der Waals surface area (Å²) in [6.07, 6.45) is -2.68. The zero-order valence-corrected chi connectivity index (χ0v) is 16.8. The molecule has 1 aromatic heterocycles. The number of anilines is 1. The summed E-state index contributed by atoms with van der Waals surface area (Å²) in [5, 5.41) is 0. The van der Waals surface area contributed by atoms with E-state index in [0.29, 0.717) is 25.3 Å². The van der Waals surface area contributed by atoms with E-state index in [1.54, 1.807) is 12.4 Å². The Balaban J connectivity index is 1.73. The highest BCUT2D eigenvalue weighted by molar-refractivity contribution is 9.10. The Morgan fingerprint density at radius 1 is 1.18 bits per heavy atom. The first-order valence-electron chi connectivity index (χ1n) is 8.97. The van der Waals surface area contributed by atoms with Crippen LogP contribution in [0, 0.1) is 6.92 Å². The van der Waals surface area contributed by atoms with Gasteiger partial charge in [0.25, 0.3) is 0 Å². The quantitative estimate of drug-likeness (QED) is 0.558. The van der Waals surface area contributed by atoms with E-state index in [1.165, 1.54) is 13.0 Å². The lowest BCUT2D eigenvalue weighted by molar-refractivity contribution is -0.138. The predicted octanol–water partition coefficient (Wildman–Crippen LogP) is 5.01. The van der Waals surface area contributed by atoms with Crippen molar-refractivity contribution in [2.45, 2.75) is 19.6 Å². The molecule has 0 aliphatic carbocycles. The smallest absolute Gasteiger partial charge is 0.378 e. The number of halogens is 4. The van der Waals surface area contributed by atoms with Crippen LogP contribution in [0.2, 0.25) is 0 Å². The van der Waals surface area contributed by atoms with Crippen LogP contribution in [0.4, 0.5) is 18.9 Å². The minimum absolute atomic E-state index is 0.250. The highest BCUT2D eigenvalue weighted by Crippen LogP contribution is 2.34. The minimum Gasteiger partial charge on any atom is -0.378 e. The van der Waals surface area contributed by atoms with Crippen LogP contribution >= 0.6 is 15.9 Å². The van der Waals surface area contributed by atoms with Crippen LogP contribution in [0.1, 0.15) is 16.7 Å². The molecule has 1 aliphatic rings. The zero-order chi connectivity index (χ0) is 19.9. The lowest BCUT2D eigenvalue weighted by atomic mass is 10.0. The third kappa shape index (κ3) is 3.63. The fraction of sp³-hybridized carbons (Fsp3) is 0.350. The van der Waals surface area contributed by atoms with Gasteiger partial charge in [-0.1, -0.05) is 12.1 Å². The summed E-state index contributed by atoms with van der Waals surface area (Å²) in [6, 6.07) is 8.39. The van der Waals surface area contributed by atoms with Crippen molar-refractivity contribution in [1.29, 1.82) is 0 Å². The van der Waals surface area contributed by atoms with E-state index >= 15 is 0 Å². The van der Waals surface area contributed by atoms with Gasteiger partial charge < -0.3 is 14.2 Å². The fourth-order valence-electron chi connectivity index (χ4n) is 3.58. The average Bonchev–Trinajstić information content (AvgIpc) is 3.06. The van der Waals surface area contributed by atoms with Gasteiger partial charge in [0, 0.05) is 29.8 Å². The molecule has 0 radical (unpaired) electrons. The van der Waals surface area contributed by atoms with Crippen molar-refractivity contribution in [3.05, 3.63) is 57.8 Å². The van der Waals surface area contributed by atoms with Crippen molar-refractivity contribution in [2.24, 2.45) is 0 Å². The highest BCUT2D eigenvalue weighted by atomic mass is 79.9. The molecule has 1 fully saturated rings. The van der Waals surface area contributed by atoms with E-state index in [9.17, 15) is 13.2 Å². The second kappa shape index (κ2) is 7.40. The molecule has 3 aromatic rings. The number of alkyl halides is 3. The van der Waals surface area contributed by atoms with Gasteiger partial charge in [-0.3, -0.25) is 0 Å². The first kappa shape index (κ1) is 19.3. The van der Waals surface area contributed by atoms with E-state index < -0.39 is 11.7 Å². The molecular formula is C20H19BrF3N3O. The standard InChI is InChI=1S/C20H19BrF3N3O/c1-13-14(3-2-4-16(13)20(22,23)24)11-27-12-25-19-17(21)9-15(10-18(19)27)26-5-7-28-8-6-26/h2-4,9-10,12H,5-8,11H2,1H3. The summed E-state index contributed by atoms with van der Waals surface area (Å²) < 4.78 is 47.9. The van der Waals surface area contributed by atoms with Gasteiger partial charge in [0.05, 0.1) is 30.6 Å². The molecular weight excluding hydrogens is 435 g/mol. The molecule has 28 heavy (non-hydrogen) atoms. The lowest BCUT2D eigenvalue weighted by Gasteiger charge is -2.29. The maximum Gasteiger partial charge on any atom is 0.416 e. The van der Waals surface area contributed by atoms with Crippen LogP contribution in [0.3, 0.4) is 0 Å². The van der Waals surface area contributed by atoms with E-state index in [4.69, 9.17) is 4.74 Å². The van der Waals surface area contributed by atoms with Crippen LogP contribution in [0.25, 0.3) is 11.0 Å². The van der Waals surface area contributed by atoms with Gasteiger partial charge in [-0.2, -0.15) is 13.2 Å². The third-order valence-electron chi connectivity index (χ3n) is 5.13. The number of nitrogens with zero attached hydrogens (tertiary/aromatic N) is 3. The van der Waals surface area contributed by atoms with Gasteiger partial charge >= 0.3 is 6.18 Å².